The van der Waals surface area contributed by atoms with Crippen LogP contribution in [0.1, 0.15) is 10.8 Å². The summed E-state index contributed by atoms with van der Waals surface area (Å²) in [4.78, 5) is 3.99. The molecule has 1 aromatic carbocycles. The van der Waals surface area contributed by atoms with Crippen LogP contribution in [0.2, 0.25) is 10.0 Å². The normalized spacial score (nSPS) is 19.4. The van der Waals surface area contributed by atoms with Crippen LogP contribution in [0.3, 0.4) is 0 Å². The summed E-state index contributed by atoms with van der Waals surface area (Å²) in [5.41, 5.74) is 1.66. The predicted octanol–water partition coefficient (Wildman–Crippen LogP) is 5.64. The number of nitrogens with zero attached hydrogens (tertiary/aromatic N) is 3. The molecule has 1 aromatic heterocycles. The first-order valence-electron chi connectivity index (χ1n) is 6.06. The Bertz CT molecular complexity index is 741. The lowest BCUT2D eigenvalue weighted by atomic mass is 10.2. The highest BCUT2D eigenvalue weighted by molar-refractivity contribution is 8.93. The molecular formula is C14H10BrCl2N3S2. The lowest BCUT2D eigenvalue weighted by Crippen LogP contribution is -1.93. The summed E-state index contributed by atoms with van der Waals surface area (Å²) in [6.07, 6.45) is 5.07. The standard InChI is InChI=1S/C14H9Cl2N3S2.BrH/c15-9-1-2-10(11(16)5-9)13-7-20-14(21-13)12(6-17)19-4-3-18-8-19;/h1-5,8,13H,7H2;1H/b14-12+;/t13-;/m0./s1. The topological polar surface area (TPSA) is 41.6 Å². The van der Waals surface area contributed by atoms with Gasteiger partial charge in [0.1, 0.15) is 11.8 Å². The van der Waals surface area contributed by atoms with Crippen molar-refractivity contribution in [1.82, 2.24) is 9.55 Å². The van der Waals surface area contributed by atoms with Gasteiger partial charge in [0, 0.05) is 33.4 Å². The van der Waals surface area contributed by atoms with Crippen LogP contribution in [0.5, 0.6) is 0 Å². The molecule has 3 rings (SSSR count). The molecule has 1 aliphatic rings. The van der Waals surface area contributed by atoms with Gasteiger partial charge in [0.05, 0.1) is 10.6 Å². The van der Waals surface area contributed by atoms with E-state index in [2.05, 4.69) is 11.1 Å². The second kappa shape index (κ2) is 7.80. The van der Waals surface area contributed by atoms with Gasteiger partial charge < -0.3 is 0 Å². The number of benzene rings is 1. The fourth-order valence-electron chi connectivity index (χ4n) is 1.99. The van der Waals surface area contributed by atoms with E-state index >= 15 is 0 Å². The van der Waals surface area contributed by atoms with Crippen molar-refractivity contribution in [3.63, 3.8) is 0 Å². The van der Waals surface area contributed by atoms with Crippen molar-refractivity contribution in [1.29, 1.82) is 5.26 Å². The van der Waals surface area contributed by atoms with Gasteiger partial charge in [-0.3, -0.25) is 4.57 Å². The molecule has 1 atom stereocenters. The second-order valence-corrected chi connectivity index (χ2v) is 7.65. The third-order valence-electron chi connectivity index (χ3n) is 2.99. The Morgan fingerprint density at radius 3 is 2.86 bits per heavy atom. The van der Waals surface area contributed by atoms with Crippen molar-refractivity contribution in [2.24, 2.45) is 0 Å². The van der Waals surface area contributed by atoms with Crippen molar-refractivity contribution >= 4 is 69.4 Å². The minimum absolute atomic E-state index is 0. The molecule has 0 amide bonds. The van der Waals surface area contributed by atoms with Crippen molar-refractivity contribution in [3.05, 3.63) is 56.8 Å². The predicted molar refractivity (Wildman–Crippen MR) is 101 cm³/mol. The maximum Gasteiger partial charge on any atom is 0.145 e. The zero-order valence-electron chi connectivity index (χ0n) is 11.1. The summed E-state index contributed by atoms with van der Waals surface area (Å²) in [5, 5.41) is 10.9. The van der Waals surface area contributed by atoms with Crippen molar-refractivity contribution < 1.29 is 0 Å². The summed E-state index contributed by atoms with van der Waals surface area (Å²) in [6.45, 7) is 0. The number of allylic oxidation sites excluding steroid dienone is 1. The minimum atomic E-state index is 0. The lowest BCUT2D eigenvalue weighted by molar-refractivity contribution is 1.10. The monoisotopic (exact) mass is 433 g/mol. The number of nitriles is 1. The van der Waals surface area contributed by atoms with Crippen LogP contribution < -0.4 is 0 Å². The van der Waals surface area contributed by atoms with E-state index in [1.807, 2.05) is 12.1 Å². The van der Waals surface area contributed by atoms with E-state index in [1.165, 1.54) is 0 Å². The molecule has 0 bridgehead atoms. The largest absolute Gasteiger partial charge is 0.296 e. The maximum absolute atomic E-state index is 9.38. The number of halogens is 3. The molecular weight excluding hydrogens is 425 g/mol. The van der Waals surface area contributed by atoms with Gasteiger partial charge in [-0.05, 0) is 17.7 Å². The first kappa shape index (κ1) is 17.8. The Kier molecular flexibility index (Phi) is 6.30. The molecule has 2 aromatic rings. The zero-order valence-corrected chi connectivity index (χ0v) is 15.9. The maximum atomic E-state index is 9.38. The van der Waals surface area contributed by atoms with E-state index in [0.717, 1.165) is 15.6 Å². The number of rotatable bonds is 2. The SMILES string of the molecule is Br.N#C/C(=C1/SC[C@@H](c2ccc(Cl)cc2Cl)S1)n1ccnc1. The number of hydrogen-bond acceptors (Lipinski definition) is 4. The van der Waals surface area contributed by atoms with Gasteiger partial charge in [0.2, 0.25) is 0 Å². The van der Waals surface area contributed by atoms with E-state index in [-0.39, 0.29) is 22.2 Å². The van der Waals surface area contributed by atoms with E-state index < -0.39 is 0 Å². The Hall–Kier alpha value is -0.580. The molecule has 1 saturated heterocycles. The number of thioether (sulfide) groups is 2. The molecule has 0 saturated carbocycles. The molecule has 1 fully saturated rings. The van der Waals surface area contributed by atoms with Crippen LogP contribution in [0.25, 0.3) is 5.70 Å². The number of hydrogen-bond donors (Lipinski definition) is 0. The van der Waals surface area contributed by atoms with Gasteiger partial charge in [-0.1, -0.05) is 29.3 Å². The molecule has 114 valence electrons. The van der Waals surface area contributed by atoms with Crippen LogP contribution in [-0.4, -0.2) is 15.3 Å². The molecule has 2 heterocycles. The molecule has 22 heavy (non-hydrogen) atoms. The van der Waals surface area contributed by atoms with E-state index in [4.69, 9.17) is 23.2 Å². The van der Waals surface area contributed by atoms with Crippen LogP contribution >= 0.6 is 63.7 Å². The average molecular weight is 435 g/mol. The van der Waals surface area contributed by atoms with Crippen LogP contribution in [-0.2, 0) is 0 Å². The summed E-state index contributed by atoms with van der Waals surface area (Å²) in [7, 11) is 0. The smallest absolute Gasteiger partial charge is 0.145 e. The van der Waals surface area contributed by atoms with Crippen molar-refractivity contribution in [2.75, 3.05) is 5.75 Å². The quantitative estimate of drug-likeness (QED) is 0.573. The summed E-state index contributed by atoms with van der Waals surface area (Å²) in [5.74, 6) is 0.876. The molecule has 0 radical (unpaired) electrons. The highest BCUT2D eigenvalue weighted by atomic mass is 79.9. The Balaban J connectivity index is 0.00000176. The molecule has 0 unspecified atom stereocenters. The third-order valence-corrected chi connectivity index (χ3v) is 6.47. The highest BCUT2D eigenvalue weighted by Gasteiger charge is 2.27. The van der Waals surface area contributed by atoms with E-state index in [9.17, 15) is 5.26 Å². The van der Waals surface area contributed by atoms with Crippen molar-refractivity contribution in [3.8, 4) is 6.07 Å². The molecule has 0 aliphatic carbocycles. The van der Waals surface area contributed by atoms with Crippen LogP contribution in [0, 0.1) is 11.3 Å². The van der Waals surface area contributed by atoms with Gasteiger partial charge >= 0.3 is 0 Å². The fourth-order valence-corrected chi connectivity index (χ4v) is 5.52. The molecule has 3 nitrogen and oxygen atoms in total. The van der Waals surface area contributed by atoms with Gasteiger partial charge in [-0.25, -0.2) is 4.98 Å². The average Bonchev–Trinajstić information content (AvgIpc) is 3.12. The number of aromatic nitrogens is 2. The molecule has 0 N–H and O–H groups in total. The summed E-state index contributed by atoms with van der Waals surface area (Å²) >= 11 is 15.5. The highest BCUT2D eigenvalue weighted by Crippen LogP contribution is 2.53. The summed E-state index contributed by atoms with van der Waals surface area (Å²) < 4.78 is 2.73. The molecule has 0 spiro atoms. The van der Waals surface area contributed by atoms with Gasteiger partial charge in [-0.2, -0.15) is 5.26 Å². The third kappa shape index (κ3) is 3.66. The first-order chi connectivity index (χ1) is 10.2. The summed E-state index contributed by atoms with van der Waals surface area (Å²) in [6, 6.07) is 7.80. The van der Waals surface area contributed by atoms with Crippen molar-refractivity contribution in [2.45, 2.75) is 5.25 Å². The fraction of sp³-hybridized carbons (Fsp3) is 0.143. The zero-order chi connectivity index (χ0) is 14.8. The second-order valence-electron chi connectivity index (χ2n) is 4.30. The van der Waals surface area contributed by atoms with Gasteiger partial charge in [0.25, 0.3) is 0 Å². The molecule has 8 heteroatoms. The van der Waals surface area contributed by atoms with Gasteiger partial charge in [0.15, 0.2) is 0 Å². The van der Waals surface area contributed by atoms with E-state index in [1.54, 1.807) is 52.9 Å². The molecule has 1 aliphatic heterocycles. The minimum Gasteiger partial charge on any atom is -0.296 e. The Morgan fingerprint density at radius 2 is 2.23 bits per heavy atom. The Labute approximate surface area is 157 Å². The first-order valence-corrected chi connectivity index (χ1v) is 8.68. The van der Waals surface area contributed by atoms with E-state index in [0.29, 0.717) is 15.7 Å². The van der Waals surface area contributed by atoms with Crippen LogP contribution in [0.15, 0.2) is 41.2 Å². The van der Waals surface area contributed by atoms with Crippen LogP contribution in [0.4, 0.5) is 0 Å². The number of imidazole rings is 1. The Morgan fingerprint density at radius 1 is 1.41 bits per heavy atom. The lowest BCUT2D eigenvalue weighted by Gasteiger charge is -2.10. The van der Waals surface area contributed by atoms with Gasteiger partial charge in [-0.15, -0.1) is 40.5 Å².